The normalized spacial score (nSPS) is 27.1. The molecule has 1 N–H and O–H groups in total. The van der Waals surface area contributed by atoms with Gasteiger partial charge in [-0.1, -0.05) is 0 Å². The van der Waals surface area contributed by atoms with Crippen molar-refractivity contribution in [3.05, 3.63) is 0 Å². The number of likely N-dealkylation sites (tertiary alicyclic amines) is 1. The molecule has 2 saturated heterocycles. The molecule has 0 aromatic rings. The van der Waals surface area contributed by atoms with Gasteiger partial charge in [-0.2, -0.15) is 0 Å². The second kappa shape index (κ2) is 4.34. The van der Waals surface area contributed by atoms with Crippen molar-refractivity contribution in [3.8, 4) is 0 Å². The van der Waals surface area contributed by atoms with Crippen LogP contribution in [-0.4, -0.2) is 60.7 Å². The van der Waals surface area contributed by atoms with E-state index in [1.807, 2.05) is 0 Å². The molecule has 20 heavy (non-hydrogen) atoms. The van der Waals surface area contributed by atoms with Gasteiger partial charge in [0.1, 0.15) is 5.60 Å². The zero-order valence-corrected chi connectivity index (χ0v) is 12.6. The van der Waals surface area contributed by atoms with Crippen molar-refractivity contribution in [1.82, 2.24) is 4.90 Å². The first-order chi connectivity index (χ1) is 8.94. The van der Waals surface area contributed by atoms with Gasteiger partial charge in [-0.3, -0.25) is 4.79 Å². The Bertz CT molecular complexity index is 541. The zero-order chi connectivity index (χ0) is 15.3. The summed E-state index contributed by atoms with van der Waals surface area (Å²) in [4.78, 5) is 24.4. The van der Waals surface area contributed by atoms with Gasteiger partial charge < -0.3 is 14.7 Å². The second-order valence-electron chi connectivity index (χ2n) is 6.64. The Morgan fingerprint density at radius 3 is 2.30 bits per heavy atom. The predicted molar refractivity (Wildman–Crippen MR) is 70.0 cm³/mol. The average Bonchev–Trinajstić information content (AvgIpc) is 2.45. The van der Waals surface area contributed by atoms with Crippen LogP contribution in [0.2, 0.25) is 0 Å². The molecular formula is C12H19NO6S. The van der Waals surface area contributed by atoms with Gasteiger partial charge in [0.15, 0.2) is 9.84 Å². The summed E-state index contributed by atoms with van der Waals surface area (Å²) in [5.74, 6) is -2.57. The van der Waals surface area contributed by atoms with E-state index in [1.54, 1.807) is 20.8 Å². The van der Waals surface area contributed by atoms with Gasteiger partial charge in [0.2, 0.25) is 0 Å². The van der Waals surface area contributed by atoms with Gasteiger partial charge in [-0.25, -0.2) is 13.2 Å². The van der Waals surface area contributed by atoms with Gasteiger partial charge in [-0.15, -0.1) is 0 Å². The summed E-state index contributed by atoms with van der Waals surface area (Å²) in [5.41, 5.74) is -1.48. The van der Waals surface area contributed by atoms with Crippen molar-refractivity contribution in [2.24, 2.45) is 11.3 Å². The Labute approximate surface area is 117 Å². The van der Waals surface area contributed by atoms with Gasteiger partial charge in [0.25, 0.3) is 0 Å². The van der Waals surface area contributed by atoms with Crippen LogP contribution in [-0.2, 0) is 19.4 Å². The Kier molecular flexibility index (Phi) is 3.27. The standard InChI is InChI=1S/C12H19NO6S/c1-11(2,3)19-10(16)13-5-12(6-13)7-20(17,18)4-8(12)9(14)15/h8H,4-7H2,1-3H3,(H,14,15). The minimum Gasteiger partial charge on any atom is -0.481 e. The number of sulfone groups is 1. The smallest absolute Gasteiger partial charge is 0.410 e. The number of rotatable bonds is 1. The minimum atomic E-state index is -3.35. The van der Waals surface area contributed by atoms with Crippen molar-refractivity contribution >= 4 is 21.9 Å². The number of carboxylic acids is 1. The fourth-order valence-corrected chi connectivity index (χ4v) is 5.22. The zero-order valence-electron chi connectivity index (χ0n) is 11.7. The summed E-state index contributed by atoms with van der Waals surface area (Å²) in [7, 11) is -3.35. The van der Waals surface area contributed by atoms with E-state index in [0.717, 1.165) is 0 Å². The molecule has 1 unspecified atom stereocenters. The van der Waals surface area contributed by atoms with Gasteiger partial charge >= 0.3 is 12.1 Å². The third-order valence-corrected chi connectivity index (χ3v) is 5.48. The Balaban J connectivity index is 2.07. The molecule has 1 spiro atoms. The highest BCUT2D eigenvalue weighted by molar-refractivity contribution is 7.91. The summed E-state index contributed by atoms with van der Waals surface area (Å²) in [6.45, 7) is 5.46. The van der Waals surface area contributed by atoms with E-state index in [2.05, 4.69) is 0 Å². The number of carbonyl (C=O) groups excluding carboxylic acids is 1. The molecule has 0 bridgehead atoms. The van der Waals surface area contributed by atoms with Crippen LogP contribution in [0.1, 0.15) is 20.8 Å². The second-order valence-corrected chi connectivity index (χ2v) is 8.75. The van der Waals surface area contributed by atoms with E-state index >= 15 is 0 Å². The number of nitrogens with zero attached hydrogens (tertiary/aromatic N) is 1. The first-order valence-corrected chi connectivity index (χ1v) is 8.17. The molecule has 0 aromatic heterocycles. The number of aliphatic carboxylic acids is 1. The molecule has 7 nitrogen and oxygen atoms in total. The fraction of sp³-hybridized carbons (Fsp3) is 0.833. The molecule has 8 heteroatoms. The third kappa shape index (κ3) is 2.74. The van der Waals surface area contributed by atoms with Crippen LogP contribution in [0.3, 0.4) is 0 Å². The van der Waals surface area contributed by atoms with Crippen LogP contribution < -0.4 is 0 Å². The molecule has 1 atom stereocenters. The molecule has 2 fully saturated rings. The molecular weight excluding hydrogens is 286 g/mol. The number of amides is 1. The lowest BCUT2D eigenvalue weighted by Crippen LogP contribution is -2.63. The van der Waals surface area contributed by atoms with Gasteiger partial charge in [0.05, 0.1) is 17.4 Å². The maximum Gasteiger partial charge on any atom is 0.410 e. The molecule has 0 saturated carbocycles. The number of hydrogen-bond donors (Lipinski definition) is 1. The van der Waals surface area contributed by atoms with E-state index < -0.39 is 38.8 Å². The topological polar surface area (TPSA) is 101 Å². The van der Waals surface area contributed by atoms with Crippen molar-refractivity contribution < 1.29 is 27.9 Å². The molecule has 2 heterocycles. The molecule has 2 aliphatic heterocycles. The number of carboxylic acid groups (broad SMARTS) is 1. The van der Waals surface area contributed by atoms with E-state index in [0.29, 0.717) is 0 Å². The van der Waals surface area contributed by atoms with Crippen molar-refractivity contribution in [3.63, 3.8) is 0 Å². The lowest BCUT2D eigenvalue weighted by Gasteiger charge is -2.49. The summed E-state index contributed by atoms with van der Waals surface area (Å²) >= 11 is 0. The molecule has 2 aliphatic rings. The number of hydrogen-bond acceptors (Lipinski definition) is 5. The van der Waals surface area contributed by atoms with Gasteiger partial charge in [0, 0.05) is 18.5 Å². The van der Waals surface area contributed by atoms with Crippen molar-refractivity contribution in [2.75, 3.05) is 24.6 Å². The Morgan fingerprint density at radius 1 is 1.30 bits per heavy atom. The summed E-state index contributed by atoms with van der Waals surface area (Å²) < 4.78 is 28.5. The predicted octanol–water partition coefficient (Wildman–Crippen LogP) is 0.353. The molecule has 0 aromatic carbocycles. The van der Waals surface area contributed by atoms with Crippen LogP contribution in [0.25, 0.3) is 0 Å². The van der Waals surface area contributed by atoms with Crippen LogP contribution in [0, 0.1) is 11.3 Å². The van der Waals surface area contributed by atoms with E-state index in [1.165, 1.54) is 4.90 Å². The average molecular weight is 305 g/mol. The largest absolute Gasteiger partial charge is 0.481 e. The number of carbonyl (C=O) groups is 2. The molecule has 114 valence electrons. The fourth-order valence-electron chi connectivity index (χ4n) is 2.84. The quantitative estimate of drug-likeness (QED) is 0.750. The van der Waals surface area contributed by atoms with Crippen LogP contribution >= 0.6 is 0 Å². The highest BCUT2D eigenvalue weighted by atomic mass is 32.2. The SMILES string of the molecule is CC(C)(C)OC(=O)N1CC2(C1)CS(=O)(=O)CC2C(=O)O. The first kappa shape index (κ1) is 15.1. The van der Waals surface area contributed by atoms with Gasteiger partial charge in [-0.05, 0) is 20.8 Å². The summed E-state index contributed by atoms with van der Waals surface area (Å²) in [6.07, 6.45) is -0.531. The number of ether oxygens (including phenoxy) is 1. The lowest BCUT2D eigenvalue weighted by molar-refractivity contribution is -0.149. The maximum absolute atomic E-state index is 11.8. The molecule has 1 amide bonds. The van der Waals surface area contributed by atoms with E-state index in [9.17, 15) is 18.0 Å². The first-order valence-electron chi connectivity index (χ1n) is 6.35. The summed E-state index contributed by atoms with van der Waals surface area (Å²) in [5, 5.41) is 9.16. The molecule has 0 aliphatic carbocycles. The molecule has 0 radical (unpaired) electrons. The van der Waals surface area contributed by atoms with Crippen LogP contribution in [0.5, 0.6) is 0 Å². The Morgan fingerprint density at radius 2 is 1.85 bits per heavy atom. The van der Waals surface area contributed by atoms with Crippen LogP contribution in [0.15, 0.2) is 0 Å². The molecule has 2 rings (SSSR count). The van der Waals surface area contributed by atoms with Crippen molar-refractivity contribution in [1.29, 1.82) is 0 Å². The van der Waals surface area contributed by atoms with Crippen LogP contribution in [0.4, 0.5) is 4.79 Å². The minimum absolute atomic E-state index is 0.123. The highest BCUT2D eigenvalue weighted by Crippen LogP contribution is 2.45. The monoisotopic (exact) mass is 305 g/mol. The highest BCUT2D eigenvalue weighted by Gasteiger charge is 2.61. The maximum atomic E-state index is 11.8. The third-order valence-electron chi connectivity index (χ3n) is 3.63. The summed E-state index contributed by atoms with van der Waals surface area (Å²) in [6, 6.07) is 0. The van der Waals surface area contributed by atoms with Crippen molar-refractivity contribution in [2.45, 2.75) is 26.4 Å². The van der Waals surface area contributed by atoms with E-state index in [-0.39, 0.29) is 24.6 Å². The Hall–Kier alpha value is -1.31. The lowest BCUT2D eigenvalue weighted by atomic mass is 9.72. The van der Waals surface area contributed by atoms with E-state index in [4.69, 9.17) is 9.84 Å².